The SMILES string of the molecule is [C-]#[N+]CCOc1ccc([C@@H](O)C2CCCC2)cc1. The topological polar surface area (TPSA) is 33.8 Å². The van der Waals surface area contributed by atoms with Crippen molar-refractivity contribution >= 4 is 0 Å². The first-order valence-corrected chi connectivity index (χ1v) is 6.55. The van der Waals surface area contributed by atoms with Crippen LogP contribution in [0.5, 0.6) is 5.75 Å². The molecule has 1 aromatic carbocycles. The molecule has 1 aromatic rings. The maximum atomic E-state index is 10.2. The van der Waals surface area contributed by atoms with E-state index in [1.54, 1.807) is 0 Å². The van der Waals surface area contributed by atoms with E-state index in [0.717, 1.165) is 24.2 Å². The Labute approximate surface area is 108 Å². The Morgan fingerprint density at radius 1 is 1.28 bits per heavy atom. The monoisotopic (exact) mass is 245 g/mol. The number of rotatable bonds is 5. The number of nitrogens with zero attached hydrogens (tertiary/aromatic N) is 1. The van der Waals surface area contributed by atoms with E-state index < -0.39 is 0 Å². The summed E-state index contributed by atoms with van der Waals surface area (Å²) in [5.41, 5.74) is 0.972. The van der Waals surface area contributed by atoms with E-state index in [9.17, 15) is 5.11 Å². The molecule has 0 saturated heterocycles. The van der Waals surface area contributed by atoms with Crippen LogP contribution in [-0.4, -0.2) is 18.3 Å². The van der Waals surface area contributed by atoms with Gasteiger partial charge in [-0.05, 0) is 36.5 Å². The highest BCUT2D eigenvalue weighted by Crippen LogP contribution is 2.35. The highest BCUT2D eigenvalue weighted by atomic mass is 16.5. The normalized spacial score (nSPS) is 17.3. The van der Waals surface area contributed by atoms with Crippen molar-refractivity contribution in [3.8, 4) is 5.75 Å². The lowest BCUT2D eigenvalue weighted by atomic mass is 9.94. The fraction of sp³-hybridized carbons (Fsp3) is 0.533. The van der Waals surface area contributed by atoms with Crippen LogP contribution in [0.4, 0.5) is 0 Å². The average Bonchev–Trinajstić information content (AvgIpc) is 2.93. The molecule has 0 amide bonds. The molecule has 1 N–H and O–H groups in total. The first-order chi connectivity index (χ1) is 8.81. The fourth-order valence-electron chi connectivity index (χ4n) is 2.52. The molecule has 96 valence electrons. The van der Waals surface area contributed by atoms with E-state index in [1.165, 1.54) is 12.8 Å². The molecule has 0 aliphatic heterocycles. The maximum absolute atomic E-state index is 10.2. The van der Waals surface area contributed by atoms with Crippen LogP contribution in [0.15, 0.2) is 24.3 Å². The Balaban J connectivity index is 1.92. The van der Waals surface area contributed by atoms with Gasteiger partial charge >= 0.3 is 0 Å². The van der Waals surface area contributed by atoms with Crippen LogP contribution in [0.25, 0.3) is 4.85 Å². The Bertz CT molecular complexity index is 401. The average molecular weight is 245 g/mol. The minimum atomic E-state index is -0.343. The van der Waals surface area contributed by atoms with Crippen molar-refractivity contribution in [2.75, 3.05) is 13.2 Å². The fourth-order valence-corrected chi connectivity index (χ4v) is 2.52. The predicted molar refractivity (Wildman–Crippen MR) is 70.3 cm³/mol. The molecule has 0 aromatic heterocycles. The molecule has 18 heavy (non-hydrogen) atoms. The first-order valence-electron chi connectivity index (χ1n) is 6.55. The smallest absolute Gasteiger partial charge is 0.248 e. The second-order valence-electron chi connectivity index (χ2n) is 4.79. The van der Waals surface area contributed by atoms with E-state index in [0.29, 0.717) is 19.1 Å². The summed E-state index contributed by atoms with van der Waals surface area (Å²) in [6.45, 7) is 7.47. The van der Waals surface area contributed by atoms with Crippen LogP contribution in [-0.2, 0) is 0 Å². The van der Waals surface area contributed by atoms with Crippen molar-refractivity contribution < 1.29 is 9.84 Å². The second-order valence-corrected chi connectivity index (χ2v) is 4.79. The lowest BCUT2D eigenvalue weighted by Gasteiger charge is -2.18. The minimum absolute atomic E-state index is 0.343. The van der Waals surface area contributed by atoms with Gasteiger partial charge in [0.25, 0.3) is 0 Å². The van der Waals surface area contributed by atoms with Crippen LogP contribution >= 0.6 is 0 Å². The molecule has 0 bridgehead atoms. The summed E-state index contributed by atoms with van der Waals surface area (Å²) >= 11 is 0. The first kappa shape index (κ1) is 12.9. The van der Waals surface area contributed by atoms with E-state index in [2.05, 4.69) is 4.85 Å². The molecule has 3 nitrogen and oxygen atoms in total. The molecule has 1 saturated carbocycles. The zero-order valence-electron chi connectivity index (χ0n) is 10.5. The zero-order valence-corrected chi connectivity index (χ0v) is 10.5. The van der Waals surface area contributed by atoms with Crippen molar-refractivity contribution in [2.24, 2.45) is 5.92 Å². The number of ether oxygens (including phenoxy) is 1. The summed E-state index contributed by atoms with van der Waals surface area (Å²) in [5.74, 6) is 1.18. The Kier molecular flexibility index (Phi) is 4.60. The predicted octanol–water partition coefficient (Wildman–Crippen LogP) is 3.21. The number of aliphatic hydroxyl groups excluding tert-OH is 1. The molecule has 1 fully saturated rings. The number of hydrogen-bond acceptors (Lipinski definition) is 2. The third-order valence-electron chi connectivity index (χ3n) is 3.54. The van der Waals surface area contributed by atoms with Crippen molar-refractivity contribution in [3.05, 3.63) is 41.2 Å². The lowest BCUT2D eigenvalue weighted by Crippen LogP contribution is -2.08. The van der Waals surface area contributed by atoms with Gasteiger partial charge in [0.1, 0.15) is 5.75 Å². The molecular weight excluding hydrogens is 226 g/mol. The molecule has 0 heterocycles. The number of hydrogen-bond donors (Lipinski definition) is 1. The van der Waals surface area contributed by atoms with Gasteiger partial charge in [-0.3, -0.25) is 0 Å². The highest BCUT2D eigenvalue weighted by molar-refractivity contribution is 5.29. The van der Waals surface area contributed by atoms with Gasteiger partial charge in [0.2, 0.25) is 6.54 Å². The van der Waals surface area contributed by atoms with Crippen LogP contribution in [0.3, 0.4) is 0 Å². The van der Waals surface area contributed by atoms with Gasteiger partial charge in [0, 0.05) is 0 Å². The third kappa shape index (κ3) is 3.24. The highest BCUT2D eigenvalue weighted by Gasteiger charge is 2.24. The quantitative estimate of drug-likeness (QED) is 0.638. The van der Waals surface area contributed by atoms with Gasteiger partial charge < -0.3 is 14.7 Å². The van der Waals surface area contributed by atoms with Gasteiger partial charge in [-0.1, -0.05) is 25.0 Å². The molecule has 1 aliphatic carbocycles. The molecule has 2 rings (SSSR count). The lowest BCUT2D eigenvalue weighted by molar-refractivity contribution is 0.111. The van der Waals surface area contributed by atoms with Gasteiger partial charge in [-0.2, -0.15) is 0 Å². The van der Waals surface area contributed by atoms with Crippen molar-refractivity contribution in [2.45, 2.75) is 31.8 Å². The summed E-state index contributed by atoms with van der Waals surface area (Å²) in [5, 5.41) is 10.2. The maximum Gasteiger partial charge on any atom is 0.248 e. The molecule has 1 atom stereocenters. The largest absolute Gasteiger partial charge is 0.486 e. The van der Waals surface area contributed by atoms with E-state index >= 15 is 0 Å². The van der Waals surface area contributed by atoms with E-state index in [1.807, 2.05) is 24.3 Å². The molecule has 0 radical (unpaired) electrons. The summed E-state index contributed by atoms with van der Waals surface area (Å²) in [4.78, 5) is 3.23. The van der Waals surface area contributed by atoms with Crippen LogP contribution in [0.1, 0.15) is 37.4 Å². The van der Waals surface area contributed by atoms with E-state index in [4.69, 9.17) is 11.3 Å². The van der Waals surface area contributed by atoms with Crippen molar-refractivity contribution in [1.82, 2.24) is 0 Å². The summed E-state index contributed by atoms with van der Waals surface area (Å²) in [6.07, 6.45) is 4.39. The van der Waals surface area contributed by atoms with Gasteiger partial charge in [0.05, 0.1) is 6.10 Å². The molecule has 0 spiro atoms. The van der Waals surface area contributed by atoms with Crippen molar-refractivity contribution in [3.63, 3.8) is 0 Å². The summed E-state index contributed by atoms with van der Waals surface area (Å²) in [6, 6.07) is 7.60. The standard InChI is InChI=1S/C15H19NO2/c1-16-10-11-18-14-8-6-13(7-9-14)15(17)12-4-2-3-5-12/h6-9,12,15,17H,2-5,10-11H2/t15-/m0/s1. The summed E-state index contributed by atoms with van der Waals surface area (Å²) in [7, 11) is 0. The van der Waals surface area contributed by atoms with Crippen LogP contribution in [0.2, 0.25) is 0 Å². The molecular formula is C15H19NO2. The molecule has 3 heteroatoms. The Morgan fingerprint density at radius 3 is 2.56 bits per heavy atom. The van der Waals surface area contributed by atoms with Gasteiger partial charge in [-0.15, -0.1) is 0 Å². The summed E-state index contributed by atoms with van der Waals surface area (Å²) < 4.78 is 5.41. The molecule has 1 aliphatic rings. The Hall–Kier alpha value is -1.53. The van der Waals surface area contributed by atoms with Crippen molar-refractivity contribution in [1.29, 1.82) is 0 Å². The number of aliphatic hydroxyl groups is 1. The second kappa shape index (κ2) is 6.42. The van der Waals surface area contributed by atoms with Gasteiger partial charge in [0.15, 0.2) is 6.61 Å². The van der Waals surface area contributed by atoms with Gasteiger partial charge in [-0.25, -0.2) is 6.57 Å². The van der Waals surface area contributed by atoms with E-state index in [-0.39, 0.29) is 6.10 Å². The minimum Gasteiger partial charge on any atom is -0.486 e. The van der Waals surface area contributed by atoms with Crippen LogP contribution in [0, 0.1) is 12.5 Å². The van der Waals surface area contributed by atoms with Crippen LogP contribution < -0.4 is 4.74 Å². The zero-order chi connectivity index (χ0) is 12.8. The number of benzene rings is 1. The Morgan fingerprint density at radius 2 is 1.94 bits per heavy atom. The molecule has 0 unspecified atom stereocenters. The third-order valence-corrected chi connectivity index (χ3v) is 3.54.